The normalized spacial score (nSPS) is 26.1. The van der Waals surface area contributed by atoms with E-state index in [9.17, 15) is 14.4 Å². The Balaban J connectivity index is 0. The van der Waals surface area contributed by atoms with E-state index in [1.807, 2.05) is 6.92 Å². The maximum atomic E-state index is 10.5. The monoisotopic (exact) mass is 848 g/mol. The summed E-state index contributed by atoms with van der Waals surface area (Å²) in [5, 5.41) is 49.9. The second-order valence-electron chi connectivity index (χ2n) is 17.5. The molecule has 4 rings (SSSR count). The number of aliphatic imine (C=N–C) groups is 2. The third kappa shape index (κ3) is 30.5. The van der Waals surface area contributed by atoms with Gasteiger partial charge in [0.05, 0.1) is 71.5 Å². The lowest BCUT2D eigenvalue weighted by Gasteiger charge is -2.45. The topological polar surface area (TPSA) is 294 Å². The highest BCUT2D eigenvalue weighted by molar-refractivity contribution is 5.69. The fraction of sp³-hybridized carbons (Fsp3) is 0.930. The molecule has 16 nitrogen and oxygen atoms in total. The van der Waals surface area contributed by atoms with E-state index in [4.69, 9.17) is 52.6 Å². The van der Waals surface area contributed by atoms with Crippen molar-refractivity contribution in [3.8, 4) is 0 Å². The number of nitrogens with two attached hydrogens (primary N) is 3. The number of aliphatic hydroxyl groups is 6. The fourth-order valence-electron chi connectivity index (χ4n) is 8.03. The molecule has 0 amide bonds. The molecule has 0 aromatic heterocycles. The molecule has 3 aliphatic carbocycles. The molecule has 4 aliphatic rings. The van der Waals surface area contributed by atoms with Gasteiger partial charge >= 0.3 is 5.97 Å². The van der Waals surface area contributed by atoms with Crippen LogP contribution in [0.5, 0.6) is 0 Å². The molecule has 3 saturated carbocycles. The molecule has 0 bridgehead atoms. The fourth-order valence-corrected chi connectivity index (χ4v) is 8.03. The standard InChI is InChI=1S/C15H22N2O2.C10H22N2.C6H14O3.C6H10O2.C4H10O3.C2H7NO/c18-10-16-14-5-1-12(2-6-14)9-13-3-7-15(8-4-13)17-11-19;1-9(2)4-8(12)5-10(3,6-9)7-11;1-2-6(3-7,4-8)5-9;7-6-4-2-1-3-5-8-6;5-1-3-7-4-2-6;3-1-2-4/h12-15H,1-9H2;8H,4-7,11-12H2,1-3H3;7-9H,2-5H2,1H3;1-5H2;5-6H,1-4H2;4H,1-3H2. The Morgan fingerprint density at radius 1 is 0.763 bits per heavy atom. The maximum Gasteiger partial charge on any atom is 0.305 e. The van der Waals surface area contributed by atoms with Gasteiger partial charge in [0, 0.05) is 24.4 Å². The minimum atomic E-state index is -0.667. The number of rotatable bonds is 14. The zero-order valence-electron chi connectivity index (χ0n) is 37.0. The smallest absolute Gasteiger partial charge is 0.305 e. The van der Waals surface area contributed by atoms with Crippen molar-refractivity contribution in [2.24, 2.45) is 55.3 Å². The van der Waals surface area contributed by atoms with Crippen molar-refractivity contribution in [2.45, 2.75) is 155 Å². The predicted molar refractivity (Wildman–Crippen MR) is 230 cm³/mol. The van der Waals surface area contributed by atoms with Crippen molar-refractivity contribution >= 4 is 18.1 Å². The van der Waals surface area contributed by atoms with Crippen LogP contribution in [-0.4, -0.2) is 139 Å². The Bertz CT molecular complexity index is 1030. The van der Waals surface area contributed by atoms with E-state index in [0.717, 1.165) is 76.2 Å². The lowest BCUT2D eigenvalue weighted by molar-refractivity contribution is -0.142. The first-order valence-corrected chi connectivity index (χ1v) is 21.8. The molecule has 59 heavy (non-hydrogen) atoms. The SMILES string of the molecule is CC1(C)CC(N)CC(C)(CN)C1.CCC(CO)(CO)CO.NCCO.O=C1CCCCCO1.O=C=NC1CCC(CC2CCC(N=C=O)CC2)CC1.OCCOCCO. The second kappa shape index (κ2) is 36.5. The van der Waals surface area contributed by atoms with Crippen LogP contribution in [0.25, 0.3) is 0 Å². The maximum absolute atomic E-state index is 10.5. The van der Waals surface area contributed by atoms with Gasteiger partial charge in [-0.3, -0.25) is 4.79 Å². The number of ether oxygens (including phenoxy) is 2. The number of isocyanates is 2. The Morgan fingerprint density at radius 3 is 1.58 bits per heavy atom. The minimum absolute atomic E-state index is 0.0255. The van der Waals surface area contributed by atoms with Gasteiger partial charge < -0.3 is 57.3 Å². The number of aliphatic hydroxyl groups excluding tert-OH is 6. The summed E-state index contributed by atoms with van der Waals surface area (Å²) in [6.45, 7) is 10.8. The van der Waals surface area contributed by atoms with Crippen LogP contribution >= 0.6 is 0 Å². The van der Waals surface area contributed by atoms with Crippen molar-refractivity contribution in [3.05, 3.63) is 0 Å². The number of cyclic esters (lactones) is 1. The molecule has 0 aromatic carbocycles. The zero-order chi connectivity index (χ0) is 45.0. The predicted octanol–water partition coefficient (Wildman–Crippen LogP) is 3.04. The van der Waals surface area contributed by atoms with Gasteiger partial charge in [0.2, 0.25) is 12.2 Å². The molecule has 0 aromatic rings. The zero-order valence-corrected chi connectivity index (χ0v) is 37.0. The largest absolute Gasteiger partial charge is 0.466 e. The Labute approximate surface area is 354 Å². The number of nitrogens with zero attached hydrogens (tertiary/aromatic N) is 2. The molecule has 0 spiro atoms. The first-order valence-electron chi connectivity index (χ1n) is 21.8. The summed E-state index contributed by atoms with van der Waals surface area (Å²) in [5.41, 5.74) is 16.5. The quantitative estimate of drug-likeness (QED) is 0.0526. The Morgan fingerprint density at radius 2 is 1.24 bits per heavy atom. The van der Waals surface area contributed by atoms with E-state index < -0.39 is 5.41 Å². The molecule has 16 heteroatoms. The molecular weight excluding hydrogens is 762 g/mol. The Hall–Kier alpha value is -2.17. The van der Waals surface area contributed by atoms with Gasteiger partial charge in [0.15, 0.2) is 0 Å². The van der Waals surface area contributed by atoms with Gasteiger partial charge in [-0.25, -0.2) is 19.6 Å². The van der Waals surface area contributed by atoms with E-state index in [1.54, 1.807) is 12.2 Å². The molecule has 12 N–H and O–H groups in total. The number of esters is 1. The van der Waals surface area contributed by atoms with E-state index in [0.29, 0.717) is 50.7 Å². The van der Waals surface area contributed by atoms with Crippen LogP contribution < -0.4 is 17.2 Å². The summed E-state index contributed by atoms with van der Waals surface area (Å²) >= 11 is 0. The third-order valence-electron chi connectivity index (χ3n) is 11.4. The molecular formula is C43H85N5O11. The summed E-state index contributed by atoms with van der Waals surface area (Å²) < 4.78 is 9.40. The average molecular weight is 848 g/mol. The van der Waals surface area contributed by atoms with Crippen molar-refractivity contribution in [1.29, 1.82) is 0 Å². The molecule has 0 radical (unpaired) electrons. The van der Waals surface area contributed by atoms with Crippen LogP contribution in [0, 0.1) is 28.1 Å². The van der Waals surface area contributed by atoms with Gasteiger partial charge in [0.1, 0.15) is 0 Å². The van der Waals surface area contributed by atoms with E-state index in [-0.39, 0.29) is 63.1 Å². The van der Waals surface area contributed by atoms with E-state index in [1.165, 1.54) is 38.5 Å². The van der Waals surface area contributed by atoms with Crippen molar-refractivity contribution in [2.75, 3.05) is 72.6 Å². The summed E-state index contributed by atoms with van der Waals surface area (Å²) in [5.74, 6) is 1.57. The van der Waals surface area contributed by atoms with Gasteiger partial charge in [-0.1, -0.05) is 27.7 Å². The molecule has 348 valence electrons. The van der Waals surface area contributed by atoms with Gasteiger partial charge in [-0.2, -0.15) is 0 Å². The van der Waals surface area contributed by atoms with Crippen molar-refractivity contribution in [1.82, 2.24) is 0 Å². The highest BCUT2D eigenvalue weighted by Gasteiger charge is 2.39. The highest BCUT2D eigenvalue weighted by atomic mass is 16.5. The highest BCUT2D eigenvalue weighted by Crippen LogP contribution is 2.44. The van der Waals surface area contributed by atoms with Gasteiger partial charge in [0.25, 0.3) is 0 Å². The van der Waals surface area contributed by atoms with Crippen molar-refractivity contribution < 1.29 is 54.5 Å². The van der Waals surface area contributed by atoms with Crippen LogP contribution in [-0.2, 0) is 23.9 Å². The van der Waals surface area contributed by atoms with Crippen molar-refractivity contribution in [3.63, 3.8) is 0 Å². The summed E-state index contributed by atoms with van der Waals surface area (Å²) in [7, 11) is 0. The molecule has 1 aliphatic heterocycles. The number of hydrogen-bond donors (Lipinski definition) is 9. The van der Waals surface area contributed by atoms with Crippen LogP contribution in [0.3, 0.4) is 0 Å². The van der Waals surface area contributed by atoms with Gasteiger partial charge in [-0.15, -0.1) is 0 Å². The first kappa shape index (κ1) is 58.9. The second-order valence-corrected chi connectivity index (χ2v) is 17.5. The molecule has 2 atom stereocenters. The van der Waals surface area contributed by atoms with Gasteiger partial charge in [-0.05, 0) is 132 Å². The number of hydrogen-bond acceptors (Lipinski definition) is 16. The van der Waals surface area contributed by atoms with E-state index >= 15 is 0 Å². The summed E-state index contributed by atoms with van der Waals surface area (Å²) in [6.07, 6.45) is 21.5. The Kier molecular flexibility index (Phi) is 36.4. The first-order chi connectivity index (χ1) is 28.1. The number of carbonyl (C=O) groups is 1. The molecule has 1 saturated heterocycles. The molecule has 1 heterocycles. The van der Waals surface area contributed by atoms with Crippen LogP contribution in [0.2, 0.25) is 0 Å². The summed E-state index contributed by atoms with van der Waals surface area (Å²) in [4.78, 5) is 38.6. The number of carbonyl (C=O) groups excluding carboxylic acids is 3. The average Bonchev–Trinajstić information content (AvgIpc) is 3.48. The molecule has 4 fully saturated rings. The lowest BCUT2D eigenvalue weighted by atomic mass is 9.63. The third-order valence-corrected chi connectivity index (χ3v) is 11.4. The lowest BCUT2D eigenvalue weighted by Crippen LogP contribution is -2.45. The van der Waals surface area contributed by atoms with E-state index in [2.05, 4.69) is 35.5 Å². The van der Waals surface area contributed by atoms with Crippen LogP contribution in [0.15, 0.2) is 9.98 Å². The van der Waals surface area contributed by atoms with Crippen LogP contribution in [0.4, 0.5) is 0 Å². The minimum Gasteiger partial charge on any atom is -0.466 e. The summed E-state index contributed by atoms with van der Waals surface area (Å²) in [6, 6.07) is 0.806. The van der Waals surface area contributed by atoms with Crippen LogP contribution in [0.1, 0.15) is 137 Å². The molecule has 2 unspecified atom stereocenters.